The van der Waals surface area contributed by atoms with Gasteiger partial charge in [-0.3, -0.25) is 0 Å². The van der Waals surface area contributed by atoms with Crippen LogP contribution in [0, 0.1) is 6.07 Å². The number of fused-ring (bicyclic) bond motifs is 1. The third kappa shape index (κ3) is 3.07. The SMILES string of the molecule is OCCOc1c[c]c(C2(c3ccccc3)c3ccc(OCCO)cc32)cc1. The van der Waals surface area contributed by atoms with E-state index in [4.69, 9.17) is 19.7 Å². The average Bonchev–Trinajstić information content (AvgIpc) is 3.40. The fourth-order valence-electron chi connectivity index (χ4n) is 3.67. The molecule has 2 N–H and O–H groups in total. The van der Waals surface area contributed by atoms with Crippen LogP contribution in [0.3, 0.4) is 0 Å². The van der Waals surface area contributed by atoms with E-state index in [9.17, 15) is 0 Å². The van der Waals surface area contributed by atoms with Crippen LogP contribution in [-0.2, 0) is 5.41 Å². The molecule has 1 radical (unpaired) electrons. The van der Waals surface area contributed by atoms with Gasteiger partial charge in [0, 0.05) is 0 Å². The zero-order chi connectivity index (χ0) is 18.7. The van der Waals surface area contributed by atoms with Crippen molar-refractivity contribution in [3.63, 3.8) is 0 Å². The lowest BCUT2D eigenvalue weighted by Crippen LogP contribution is -2.13. The predicted octanol–water partition coefficient (Wildman–Crippen LogP) is 2.93. The van der Waals surface area contributed by atoms with Crippen molar-refractivity contribution >= 4 is 0 Å². The van der Waals surface area contributed by atoms with Crippen LogP contribution in [-0.4, -0.2) is 36.6 Å². The van der Waals surface area contributed by atoms with Gasteiger partial charge in [-0.2, -0.15) is 0 Å². The van der Waals surface area contributed by atoms with Gasteiger partial charge in [-0.05, 0) is 52.6 Å². The quantitative estimate of drug-likeness (QED) is 0.507. The Labute approximate surface area is 158 Å². The Bertz CT molecular complexity index is 905. The molecule has 1 atom stereocenters. The molecular weight excluding hydrogens is 340 g/mol. The second-order valence-corrected chi connectivity index (χ2v) is 6.41. The van der Waals surface area contributed by atoms with Gasteiger partial charge in [0.1, 0.15) is 24.7 Å². The van der Waals surface area contributed by atoms with E-state index in [2.05, 4.69) is 24.3 Å². The van der Waals surface area contributed by atoms with Crippen molar-refractivity contribution in [2.45, 2.75) is 5.41 Å². The first kappa shape index (κ1) is 17.6. The summed E-state index contributed by atoms with van der Waals surface area (Å²) in [5.74, 6) is 1.44. The van der Waals surface area contributed by atoms with Crippen molar-refractivity contribution in [3.8, 4) is 11.5 Å². The summed E-state index contributed by atoms with van der Waals surface area (Å²) in [5, 5.41) is 17.9. The summed E-state index contributed by atoms with van der Waals surface area (Å²) in [6.07, 6.45) is 0. The Hall–Kier alpha value is -2.82. The molecule has 4 rings (SSSR count). The van der Waals surface area contributed by atoms with Crippen LogP contribution in [0.4, 0.5) is 0 Å². The monoisotopic (exact) mass is 361 g/mol. The molecular formula is C23H21O4. The average molecular weight is 361 g/mol. The molecule has 27 heavy (non-hydrogen) atoms. The number of aliphatic hydroxyl groups excluding tert-OH is 2. The van der Waals surface area contributed by atoms with Gasteiger partial charge in [-0.1, -0.05) is 42.5 Å². The van der Waals surface area contributed by atoms with Crippen LogP contribution in [0.25, 0.3) is 0 Å². The third-order valence-corrected chi connectivity index (χ3v) is 4.85. The van der Waals surface area contributed by atoms with Crippen LogP contribution >= 0.6 is 0 Å². The summed E-state index contributed by atoms with van der Waals surface area (Å²) in [5.41, 5.74) is 4.30. The maximum absolute atomic E-state index is 9.00. The summed E-state index contributed by atoms with van der Waals surface area (Å²) >= 11 is 0. The highest BCUT2D eigenvalue weighted by Crippen LogP contribution is 2.59. The van der Waals surface area contributed by atoms with Crippen molar-refractivity contribution in [3.05, 3.63) is 95.1 Å². The van der Waals surface area contributed by atoms with Gasteiger partial charge in [-0.15, -0.1) is 0 Å². The fourth-order valence-corrected chi connectivity index (χ4v) is 3.67. The summed E-state index contributed by atoms with van der Waals surface area (Å²) < 4.78 is 11.1. The van der Waals surface area contributed by atoms with Gasteiger partial charge in [0.15, 0.2) is 0 Å². The van der Waals surface area contributed by atoms with E-state index in [0.717, 1.165) is 11.3 Å². The fraction of sp³-hybridized carbons (Fsp3) is 0.217. The molecule has 0 heterocycles. The summed E-state index contributed by atoms with van der Waals surface area (Å²) in [6.45, 7) is 0.519. The van der Waals surface area contributed by atoms with E-state index >= 15 is 0 Å². The summed E-state index contributed by atoms with van der Waals surface area (Å²) in [7, 11) is 0. The first-order valence-electron chi connectivity index (χ1n) is 9.00. The Morgan fingerprint density at radius 1 is 0.778 bits per heavy atom. The maximum atomic E-state index is 9.00. The molecule has 0 aliphatic heterocycles. The zero-order valence-electron chi connectivity index (χ0n) is 14.9. The Morgan fingerprint density at radius 2 is 1.48 bits per heavy atom. The minimum absolute atomic E-state index is 0.00993. The smallest absolute Gasteiger partial charge is 0.120 e. The molecule has 1 aliphatic rings. The van der Waals surface area contributed by atoms with E-state index in [0.29, 0.717) is 5.75 Å². The van der Waals surface area contributed by atoms with E-state index in [1.165, 1.54) is 16.7 Å². The first-order valence-corrected chi connectivity index (χ1v) is 9.00. The van der Waals surface area contributed by atoms with E-state index in [1.807, 2.05) is 48.5 Å². The minimum Gasteiger partial charge on any atom is -0.491 e. The molecule has 0 saturated heterocycles. The lowest BCUT2D eigenvalue weighted by Gasteiger charge is -2.18. The number of hydrogen-bond donors (Lipinski definition) is 2. The van der Waals surface area contributed by atoms with Crippen LogP contribution in [0.2, 0.25) is 0 Å². The largest absolute Gasteiger partial charge is 0.491 e. The number of rotatable bonds is 8. The molecule has 3 aromatic carbocycles. The van der Waals surface area contributed by atoms with E-state index in [-0.39, 0.29) is 31.8 Å². The molecule has 0 saturated carbocycles. The minimum atomic E-state index is -0.336. The van der Waals surface area contributed by atoms with Gasteiger partial charge in [0.05, 0.1) is 18.6 Å². The van der Waals surface area contributed by atoms with Crippen molar-refractivity contribution in [1.29, 1.82) is 0 Å². The normalized spacial score (nSPS) is 17.3. The molecule has 1 unspecified atom stereocenters. The summed E-state index contributed by atoms with van der Waals surface area (Å²) in [4.78, 5) is 0. The van der Waals surface area contributed by atoms with Crippen LogP contribution in [0.15, 0.2) is 66.7 Å². The Morgan fingerprint density at radius 3 is 2.15 bits per heavy atom. The van der Waals surface area contributed by atoms with Crippen LogP contribution in [0.5, 0.6) is 11.5 Å². The zero-order valence-corrected chi connectivity index (χ0v) is 14.9. The Kier molecular flexibility index (Phi) is 4.84. The van der Waals surface area contributed by atoms with Crippen molar-refractivity contribution in [2.75, 3.05) is 26.4 Å². The Balaban J connectivity index is 1.73. The number of benzene rings is 3. The second-order valence-electron chi connectivity index (χ2n) is 6.41. The number of ether oxygens (including phenoxy) is 2. The molecule has 0 aromatic heterocycles. The summed E-state index contributed by atoms with van der Waals surface area (Å²) in [6, 6.07) is 25.5. The molecule has 137 valence electrons. The van der Waals surface area contributed by atoms with E-state index < -0.39 is 0 Å². The molecule has 4 heteroatoms. The van der Waals surface area contributed by atoms with Gasteiger partial charge in [0.2, 0.25) is 0 Å². The van der Waals surface area contributed by atoms with Gasteiger partial charge < -0.3 is 19.7 Å². The predicted molar refractivity (Wildman–Crippen MR) is 102 cm³/mol. The van der Waals surface area contributed by atoms with Crippen molar-refractivity contribution < 1.29 is 19.7 Å². The van der Waals surface area contributed by atoms with Gasteiger partial charge in [-0.25, -0.2) is 0 Å². The molecule has 0 bridgehead atoms. The standard InChI is InChI=1S/C23H21O4/c24-12-14-26-19-8-6-18(7-9-19)23(17-4-2-1-3-5-17)21-11-10-20(16-22(21)23)27-15-13-25/h1-6,8-11,16,24-25H,12-15H2. The topological polar surface area (TPSA) is 58.9 Å². The molecule has 0 amide bonds. The highest BCUT2D eigenvalue weighted by atomic mass is 16.5. The number of hydrogen-bond acceptors (Lipinski definition) is 4. The lowest BCUT2D eigenvalue weighted by molar-refractivity contribution is 0.201. The first-order chi connectivity index (χ1) is 13.3. The highest BCUT2D eigenvalue weighted by molar-refractivity contribution is 5.75. The highest BCUT2D eigenvalue weighted by Gasteiger charge is 2.53. The molecule has 4 nitrogen and oxygen atoms in total. The lowest BCUT2D eigenvalue weighted by atomic mass is 9.84. The van der Waals surface area contributed by atoms with Gasteiger partial charge in [0.25, 0.3) is 0 Å². The molecule has 3 aromatic rings. The molecule has 1 aliphatic carbocycles. The second kappa shape index (κ2) is 7.43. The van der Waals surface area contributed by atoms with Crippen LogP contribution in [0.1, 0.15) is 22.3 Å². The number of aliphatic hydroxyl groups is 2. The van der Waals surface area contributed by atoms with Crippen molar-refractivity contribution in [1.82, 2.24) is 0 Å². The maximum Gasteiger partial charge on any atom is 0.120 e. The van der Waals surface area contributed by atoms with Gasteiger partial charge >= 0.3 is 0 Å². The third-order valence-electron chi connectivity index (χ3n) is 4.85. The van der Waals surface area contributed by atoms with Crippen LogP contribution < -0.4 is 9.47 Å². The molecule has 0 spiro atoms. The van der Waals surface area contributed by atoms with Crippen molar-refractivity contribution in [2.24, 2.45) is 0 Å². The van der Waals surface area contributed by atoms with E-state index in [1.54, 1.807) is 0 Å². The molecule has 0 fully saturated rings.